The van der Waals surface area contributed by atoms with E-state index in [0.717, 1.165) is 29.5 Å². The number of nitrogens with two attached hydrogens (primary N) is 1. The molecule has 0 aliphatic heterocycles. The summed E-state index contributed by atoms with van der Waals surface area (Å²) in [4.78, 5) is 4.42. The van der Waals surface area contributed by atoms with Crippen LogP contribution in [0.15, 0.2) is 16.7 Å². The van der Waals surface area contributed by atoms with Gasteiger partial charge in [-0.1, -0.05) is 19.0 Å². The van der Waals surface area contributed by atoms with E-state index >= 15 is 0 Å². The Hall–Kier alpha value is -1.88. The number of rotatable bonds is 4. The van der Waals surface area contributed by atoms with E-state index in [1.807, 2.05) is 39.8 Å². The maximum atomic E-state index is 9.80. The molecule has 0 fully saturated rings. The lowest BCUT2D eigenvalue weighted by atomic mass is 9.94. The van der Waals surface area contributed by atoms with Gasteiger partial charge in [0, 0.05) is 5.56 Å². The monoisotopic (exact) mass is 275 g/mol. The molecule has 108 valence electrons. The summed E-state index contributed by atoms with van der Waals surface area (Å²) in [7, 11) is 0. The highest BCUT2D eigenvalue weighted by Crippen LogP contribution is 2.30. The van der Waals surface area contributed by atoms with Gasteiger partial charge in [0.25, 0.3) is 0 Å². The molecule has 2 aromatic rings. The summed E-state index contributed by atoms with van der Waals surface area (Å²) >= 11 is 0. The summed E-state index contributed by atoms with van der Waals surface area (Å²) in [6.45, 7) is 7.70. The smallest absolute Gasteiger partial charge is 0.247 e. The highest BCUT2D eigenvalue weighted by Gasteiger charge is 2.30. The first kappa shape index (κ1) is 14.5. The van der Waals surface area contributed by atoms with Crippen LogP contribution in [0.3, 0.4) is 0 Å². The number of hydrogen-bond acceptors (Lipinski definition) is 5. The molecule has 0 saturated carbocycles. The molecule has 20 heavy (non-hydrogen) atoms. The van der Waals surface area contributed by atoms with Crippen LogP contribution >= 0.6 is 0 Å². The molecule has 5 heteroatoms. The Labute approximate surface area is 118 Å². The van der Waals surface area contributed by atoms with Crippen LogP contribution < -0.4 is 5.73 Å². The SMILES string of the molecule is CCC(N)(CC)c1nc(-c2cc(C)c(O)c(C)c2)no1. The van der Waals surface area contributed by atoms with Gasteiger partial charge >= 0.3 is 0 Å². The summed E-state index contributed by atoms with van der Waals surface area (Å²) < 4.78 is 5.33. The third-order valence-electron chi connectivity index (χ3n) is 3.86. The Balaban J connectivity index is 2.44. The van der Waals surface area contributed by atoms with E-state index in [-0.39, 0.29) is 0 Å². The second-order valence-electron chi connectivity index (χ2n) is 5.25. The van der Waals surface area contributed by atoms with Gasteiger partial charge in [0.2, 0.25) is 11.7 Å². The van der Waals surface area contributed by atoms with Gasteiger partial charge in [-0.15, -0.1) is 0 Å². The number of benzene rings is 1. The van der Waals surface area contributed by atoms with Crippen molar-refractivity contribution in [1.82, 2.24) is 10.1 Å². The van der Waals surface area contributed by atoms with E-state index < -0.39 is 5.54 Å². The molecule has 1 aromatic carbocycles. The van der Waals surface area contributed by atoms with Crippen LogP contribution in [-0.4, -0.2) is 15.2 Å². The summed E-state index contributed by atoms with van der Waals surface area (Å²) in [5.74, 6) is 1.26. The number of nitrogens with zero attached hydrogens (tertiary/aromatic N) is 2. The van der Waals surface area contributed by atoms with Gasteiger partial charge in [-0.05, 0) is 49.9 Å². The van der Waals surface area contributed by atoms with E-state index in [1.165, 1.54) is 0 Å². The zero-order valence-corrected chi connectivity index (χ0v) is 12.4. The van der Waals surface area contributed by atoms with Gasteiger partial charge in [0.05, 0.1) is 5.54 Å². The molecule has 0 aliphatic rings. The molecular formula is C15H21N3O2. The van der Waals surface area contributed by atoms with E-state index in [1.54, 1.807) is 0 Å². The molecule has 1 heterocycles. The molecule has 0 amide bonds. The van der Waals surface area contributed by atoms with Crippen LogP contribution in [-0.2, 0) is 5.54 Å². The minimum atomic E-state index is -0.577. The van der Waals surface area contributed by atoms with Crippen LogP contribution in [0.1, 0.15) is 43.7 Å². The first-order chi connectivity index (χ1) is 9.41. The van der Waals surface area contributed by atoms with Crippen molar-refractivity contribution in [3.63, 3.8) is 0 Å². The number of aromatic nitrogens is 2. The molecule has 0 radical (unpaired) electrons. The Morgan fingerprint density at radius 2 is 1.75 bits per heavy atom. The molecule has 0 atom stereocenters. The fourth-order valence-corrected chi connectivity index (χ4v) is 2.18. The minimum Gasteiger partial charge on any atom is -0.507 e. The Morgan fingerprint density at radius 1 is 1.20 bits per heavy atom. The number of phenolic OH excluding ortho intramolecular Hbond substituents is 1. The number of phenols is 1. The van der Waals surface area contributed by atoms with Crippen molar-refractivity contribution in [1.29, 1.82) is 0 Å². The lowest BCUT2D eigenvalue weighted by Crippen LogP contribution is -2.35. The first-order valence-electron chi connectivity index (χ1n) is 6.85. The van der Waals surface area contributed by atoms with Crippen molar-refractivity contribution in [3.05, 3.63) is 29.2 Å². The molecular weight excluding hydrogens is 254 g/mol. The van der Waals surface area contributed by atoms with Gasteiger partial charge in [0.15, 0.2) is 0 Å². The van der Waals surface area contributed by atoms with Crippen LogP contribution in [0.5, 0.6) is 5.75 Å². The van der Waals surface area contributed by atoms with E-state index in [9.17, 15) is 5.11 Å². The van der Waals surface area contributed by atoms with E-state index in [4.69, 9.17) is 10.3 Å². The normalized spacial score (nSPS) is 11.8. The maximum absolute atomic E-state index is 9.80. The summed E-state index contributed by atoms with van der Waals surface area (Å²) in [5, 5.41) is 13.8. The van der Waals surface area contributed by atoms with Crippen LogP contribution in [0.2, 0.25) is 0 Å². The van der Waals surface area contributed by atoms with E-state index in [0.29, 0.717) is 17.5 Å². The Bertz CT molecular complexity index is 592. The Morgan fingerprint density at radius 3 is 2.25 bits per heavy atom. The third kappa shape index (κ3) is 2.41. The number of hydrogen-bond donors (Lipinski definition) is 2. The molecule has 0 saturated heterocycles. The van der Waals surface area contributed by atoms with Crippen LogP contribution in [0.25, 0.3) is 11.4 Å². The van der Waals surface area contributed by atoms with Crippen molar-refractivity contribution in [2.45, 2.75) is 46.1 Å². The number of aromatic hydroxyl groups is 1. The Kier molecular flexibility index (Phi) is 3.81. The predicted molar refractivity (Wildman–Crippen MR) is 77.3 cm³/mol. The second kappa shape index (κ2) is 5.25. The molecule has 2 rings (SSSR count). The van der Waals surface area contributed by atoms with Gasteiger partial charge in [-0.2, -0.15) is 4.98 Å². The quantitative estimate of drug-likeness (QED) is 0.895. The van der Waals surface area contributed by atoms with Crippen LogP contribution in [0, 0.1) is 13.8 Å². The second-order valence-corrected chi connectivity index (χ2v) is 5.25. The average Bonchev–Trinajstić information content (AvgIpc) is 2.93. The first-order valence-corrected chi connectivity index (χ1v) is 6.85. The molecule has 0 bridgehead atoms. The number of aryl methyl sites for hydroxylation is 2. The molecule has 1 aromatic heterocycles. The summed E-state index contributed by atoms with van der Waals surface area (Å²) in [5.41, 5.74) is 8.08. The fourth-order valence-electron chi connectivity index (χ4n) is 2.18. The zero-order chi connectivity index (χ0) is 14.9. The lowest BCUT2D eigenvalue weighted by molar-refractivity contribution is 0.268. The standard InChI is InChI=1S/C15H21N3O2/c1-5-15(16,6-2)14-17-13(18-20-14)11-7-9(3)12(19)10(4)8-11/h7-8,19H,5-6,16H2,1-4H3. The van der Waals surface area contributed by atoms with Crippen molar-refractivity contribution in [3.8, 4) is 17.1 Å². The summed E-state index contributed by atoms with van der Waals surface area (Å²) in [6, 6.07) is 3.68. The van der Waals surface area contributed by atoms with Gasteiger partial charge in [0.1, 0.15) is 5.75 Å². The zero-order valence-electron chi connectivity index (χ0n) is 12.4. The summed E-state index contributed by atoms with van der Waals surface area (Å²) in [6.07, 6.45) is 1.47. The van der Waals surface area contributed by atoms with Gasteiger partial charge < -0.3 is 15.4 Å². The molecule has 0 unspecified atom stereocenters. The largest absolute Gasteiger partial charge is 0.507 e. The van der Waals surface area contributed by atoms with Crippen molar-refractivity contribution < 1.29 is 9.63 Å². The van der Waals surface area contributed by atoms with Gasteiger partial charge in [-0.25, -0.2) is 0 Å². The average molecular weight is 275 g/mol. The predicted octanol–water partition coefficient (Wildman–Crippen LogP) is 3.03. The lowest BCUT2D eigenvalue weighted by Gasteiger charge is -2.20. The molecule has 0 aliphatic carbocycles. The topological polar surface area (TPSA) is 85.2 Å². The molecule has 5 nitrogen and oxygen atoms in total. The van der Waals surface area contributed by atoms with Crippen molar-refractivity contribution in [2.24, 2.45) is 5.73 Å². The molecule has 3 N–H and O–H groups in total. The van der Waals surface area contributed by atoms with E-state index in [2.05, 4.69) is 10.1 Å². The minimum absolute atomic E-state index is 0.299. The van der Waals surface area contributed by atoms with Crippen molar-refractivity contribution >= 4 is 0 Å². The highest BCUT2D eigenvalue weighted by atomic mass is 16.5. The maximum Gasteiger partial charge on any atom is 0.247 e. The molecule has 0 spiro atoms. The fraction of sp³-hybridized carbons (Fsp3) is 0.467. The van der Waals surface area contributed by atoms with Crippen molar-refractivity contribution in [2.75, 3.05) is 0 Å². The highest BCUT2D eigenvalue weighted by molar-refractivity contribution is 5.60. The third-order valence-corrected chi connectivity index (χ3v) is 3.86. The van der Waals surface area contributed by atoms with Gasteiger partial charge in [-0.3, -0.25) is 0 Å². The van der Waals surface area contributed by atoms with Crippen LogP contribution in [0.4, 0.5) is 0 Å².